The van der Waals surface area contributed by atoms with Gasteiger partial charge in [-0.25, -0.2) is 13.6 Å². The van der Waals surface area contributed by atoms with Crippen molar-refractivity contribution in [3.8, 4) is 0 Å². The predicted octanol–water partition coefficient (Wildman–Crippen LogP) is 4.18. The number of amides is 1. The molecule has 0 aliphatic carbocycles. The fraction of sp³-hybridized carbons (Fsp3) is 0.190. The molecule has 28 heavy (non-hydrogen) atoms. The zero-order valence-electron chi connectivity index (χ0n) is 15.4. The van der Waals surface area contributed by atoms with E-state index in [-0.39, 0.29) is 5.69 Å². The highest BCUT2D eigenvalue weighted by Gasteiger charge is 2.20. The highest BCUT2D eigenvalue weighted by molar-refractivity contribution is 6.00. The average molecular weight is 384 g/mol. The quantitative estimate of drug-likeness (QED) is 0.670. The molecule has 1 aromatic heterocycles. The number of aryl methyl sites for hydroxylation is 2. The van der Waals surface area contributed by atoms with E-state index in [0.717, 1.165) is 28.6 Å². The zero-order valence-corrected chi connectivity index (χ0v) is 15.4. The molecule has 0 aliphatic heterocycles. The molecule has 144 valence electrons. The molecule has 0 saturated heterocycles. The Hall–Kier alpha value is -3.35. The average Bonchev–Trinajstić information content (AvgIpc) is 2.69. The van der Waals surface area contributed by atoms with Crippen LogP contribution in [0.3, 0.4) is 0 Å². The van der Waals surface area contributed by atoms with Gasteiger partial charge in [0.1, 0.15) is 0 Å². The maximum absolute atomic E-state index is 13.2. The van der Waals surface area contributed by atoms with Crippen molar-refractivity contribution in [2.75, 3.05) is 11.9 Å². The highest BCUT2D eigenvalue weighted by Crippen LogP contribution is 2.24. The number of ether oxygens (including phenoxy) is 1. The monoisotopic (exact) mass is 384 g/mol. The summed E-state index contributed by atoms with van der Waals surface area (Å²) in [7, 11) is 0. The number of aromatic nitrogens is 1. The lowest BCUT2D eigenvalue weighted by atomic mass is 10.0. The van der Waals surface area contributed by atoms with E-state index in [4.69, 9.17) is 4.74 Å². The second-order valence-corrected chi connectivity index (χ2v) is 6.18. The van der Waals surface area contributed by atoms with Crippen LogP contribution in [-0.2, 0) is 16.0 Å². The Morgan fingerprint density at radius 3 is 2.57 bits per heavy atom. The van der Waals surface area contributed by atoms with Gasteiger partial charge in [0, 0.05) is 17.1 Å². The summed E-state index contributed by atoms with van der Waals surface area (Å²) in [5, 5.41) is 3.18. The molecule has 3 rings (SSSR count). The van der Waals surface area contributed by atoms with Crippen molar-refractivity contribution in [2.24, 2.45) is 0 Å². The van der Waals surface area contributed by atoms with Crippen LogP contribution in [0.2, 0.25) is 0 Å². The van der Waals surface area contributed by atoms with E-state index in [2.05, 4.69) is 10.3 Å². The van der Waals surface area contributed by atoms with Gasteiger partial charge in [0.25, 0.3) is 5.91 Å². The van der Waals surface area contributed by atoms with Crippen molar-refractivity contribution in [3.63, 3.8) is 0 Å². The fourth-order valence-corrected chi connectivity index (χ4v) is 2.94. The molecular weight excluding hydrogens is 366 g/mol. The summed E-state index contributed by atoms with van der Waals surface area (Å²) >= 11 is 0. The molecule has 0 bridgehead atoms. The molecule has 2 aromatic carbocycles. The van der Waals surface area contributed by atoms with Gasteiger partial charge in [0.05, 0.1) is 16.8 Å². The summed E-state index contributed by atoms with van der Waals surface area (Å²) in [6, 6.07) is 10.4. The number of esters is 1. The molecule has 0 saturated carbocycles. The Morgan fingerprint density at radius 1 is 1.11 bits per heavy atom. The van der Waals surface area contributed by atoms with E-state index < -0.39 is 30.1 Å². The number of carbonyl (C=O) groups excluding carboxylic acids is 2. The lowest BCUT2D eigenvalue weighted by molar-refractivity contribution is -0.119. The van der Waals surface area contributed by atoms with Crippen LogP contribution in [0.1, 0.15) is 28.5 Å². The Kier molecular flexibility index (Phi) is 5.63. The third kappa shape index (κ3) is 3.98. The molecule has 3 aromatic rings. The molecule has 0 atom stereocenters. The van der Waals surface area contributed by atoms with Gasteiger partial charge in [-0.3, -0.25) is 9.78 Å². The Balaban J connectivity index is 1.75. The molecule has 1 amide bonds. The van der Waals surface area contributed by atoms with E-state index in [1.165, 1.54) is 6.07 Å². The largest absolute Gasteiger partial charge is 0.452 e. The normalized spacial score (nSPS) is 10.7. The van der Waals surface area contributed by atoms with Crippen molar-refractivity contribution in [3.05, 3.63) is 70.9 Å². The topological polar surface area (TPSA) is 68.3 Å². The fourth-order valence-electron chi connectivity index (χ4n) is 2.94. The Bertz CT molecular complexity index is 1070. The van der Waals surface area contributed by atoms with Crippen molar-refractivity contribution in [1.29, 1.82) is 0 Å². The van der Waals surface area contributed by atoms with Crippen molar-refractivity contribution >= 4 is 28.5 Å². The van der Waals surface area contributed by atoms with Crippen LogP contribution in [0.4, 0.5) is 14.5 Å². The summed E-state index contributed by atoms with van der Waals surface area (Å²) in [6.45, 7) is 3.12. The van der Waals surface area contributed by atoms with E-state index >= 15 is 0 Å². The van der Waals surface area contributed by atoms with Gasteiger partial charge in [0.15, 0.2) is 18.2 Å². The number of fused-ring (bicyclic) bond motifs is 1. The van der Waals surface area contributed by atoms with Gasteiger partial charge in [-0.15, -0.1) is 0 Å². The number of benzene rings is 2. The van der Waals surface area contributed by atoms with Crippen molar-refractivity contribution in [2.45, 2.75) is 20.3 Å². The highest BCUT2D eigenvalue weighted by atomic mass is 19.2. The van der Waals surface area contributed by atoms with Crippen LogP contribution in [0.15, 0.2) is 42.5 Å². The zero-order chi connectivity index (χ0) is 20.3. The number of rotatable bonds is 5. The van der Waals surface area contributed by atoms with Crippen LogP contribution in [-0.4, -0.2) is 23.5 Å². The number of carbonyl (C=O) groups is 2. The summed E-state index contributed by atoms with van der Waals surface area (Å²) in [5.41, 5.74) is 2.50. The van der Waals surface area contributed by atoms with Crippen LogP contribution < -0.4 is 5.32 Å². The lowest BCUT2D eigenvalue weighted by Gasteiger charge is -2.13. The van der Waals surface area contributed by atoms with Crippen molar-refractivity contribution < 1.29 is 23.1 Å². The molecule has 7 heteroatoms. The maximum atomic E-state index is 13.2. The number of hydrogen-bond donors (Lipinski definition) is 1. The number of anilines is 1. The van der Waals surface area contributed by atoms with Crippen LogP contribution >= 0.6 is 0 Å². The molecule has 0 fully saturated rings. The predicted molar refractivity (Wildman–Crippen MR) is 101 cm³/mol. The second kappa shape index (κ2) is 8.12. The first-order chi connectivity index (χ1) is 13.4. The first-order valence-corrected chi connectivity index (χ1v) is 8.71. The van der Waals surface area contributed by atoms with Crippen LogP contribution in [0.5, 0.6) is 0 Å². The number of nitrogens with one attached hydrogen (secondary N) is 1. The molecule has 0 radical (unpaired) electrons. The molecule has 0 aliphatic rings. The molecule has 0 unspecified atom stereocenters. The first-order valence-electron chi connectivity index (χ1n) is 8.71. The van der Waals surface area contributed by atoms with E-state index in [1.54, 1.807) is 6.92 Å². The van der Waals surface area contributed by atoms with E-state index in [0.29, 0.717) is 17.7 Å². The summed E-state index contributed by atoms with van der Waals surface area (Å²) in [5.74, 6) is -3.42. The summed E-state index contributed by atoms with van der Waals surface area (Å²) < 4.78 is 31.3. The Labute approximate surface area is 160 Å². The summed E-state index contributed by atoms with van der Waals surface area (Å²) in [4.78, 5) is 29.1. The van der Waals surface area contributed by atoms with Crippen LogP contribution in [0.25, 0.3) is 10.9 Å². The third-order valence-electron chi connectivity index (χ3n) is 4.30. The van der Waals surface area contributed by atoms with Gasteiger partial charge >= 0.3 is 5.97 Å². The standard InChI is InChI=1S/C21H18F2N2O3/c1-3-17-20(12(2)14-6-4-5-7-18(14)25-17)21(27)28-11-19(26)24-13-8-9-15(22)16(23)10-13/h4-10H,3,11H2,1-2H3,(H,24,26). The third-order valence-corrected chi connectivity index (χ3v) is 4.30. The molecular formula is C21H18F2N2O3. The van der Waals surface area contributed by atoms with Gasteiger partial charge in [-0.1, -0.05) is 25.1 Å². The van der Waals surface area contributed by atoms with E-state index in [1.807, 2.05) is 31.2 Å². The molecule has 1 N–H and O–H groups in total. The number of pyridine rings is 1. The van der Waals surface area contributed by atoms with Gasteiger partial charge < -0.3 is 10.1 Å². The van der Waals surface area contributed by atoms with Gasteiger partial charge in [-0.05, 0) is 37.1 Å². The number of hydrogen-bond acceptors (Lipinski definition) is 4. The lowest BCUT2D eigenvalue weighted by Crippen LogP contribution is -2.22. The maximum Gasteiger partial charge on any atom is 0.340 e. The number of para-hydroxylation sites is 1. The van der Waals surface area contributed by atoms with Crippen molar-refractivity contribution in [1.82, 2.24) is 4.98 Å². The minimum Gasteiger partial charge on any atom is -0.452 e. The molecule has 0 spiro atoms. The van der Waals surface area contributed by atoms with Gasteiger partial charge in [0.2, 0.25) is 0 Å². The second-order valence-electron chi connectivity index (χ2n) is 6.18. The SMILES string of the molecule is CCc1nc2ccccc2c(C)c1C(=O)OCC(=O)Nc1ccc(F)c(F)c1. The van der Waals surface area contributed by atoms with E-state index in [9.17, 15) is 18.4 Å². The molecule has 5 nitrogen and oxygen atoms in total. The number of nitrogens with zero attached hydrogens (tertiary/aromatic N) is 1. The Morgan fingerprint density at radius 2 is 1.86 bits per heavy atom. The number of halogens is 2. The smallest absolute Gasteiger partial charge is 0.340 e. The van der Waals surface area contributed by atoms with Crippen LogP contribution in [0, 0.1) is 18.6 Å². The first kappa shape index (κ1) is 19.4. The minimum absolute atomic E-state index is 0.0674. The minimum atomic E-state index is -1.08. The van der Waals surface area contributed by atoms with Gasteiger partial charge in [-0.2, -0.15) is 0 Å². The summed E-state index contributed by atoms with van der Waals surface area (Å²) in [6.07, 6.45) is 0.525. The molecule has 1 heterocycles.